The van der Waals surface area contributed by atoms with Gasteiger partial charge in [0.25, 0.3) is 0 Å². The predicted octanol–water partition coefficient (Wildman–Crippen LogP) is 4.98. The van der Waals surface area contributed by atoms with E-state index in [0.29, 0.717) is 16.4 Å². The van der Waals surface area contributed by atoms with Crippen LogP contribution in [0.5, 0.6) is 0 Å². The van der Waals surface area contributed by atoms with E-state index in [-0.39, 0.29) is 10.7 Å². The van der Waals surface area contributed by atoms with E-state index in [1.165, 1.54) is 6.07 Å². The van der Waals surface area contributed by atoms with E-state index in [2.05, 4.69) is 15.0 Å². The van der Waals surface area contributed by atoms with E-state index in [1.54, 1.807) is 29.2 Å². The maximum atomic E-state index is 14.6. The van der Waals surface area contributed by atoms with Crippen molar-refractivity contribution in [2.24, 2.45) is 0 Å². The van der Waals surface area contributed by atoms with Gasteiger partial charge in [0.1, 0.15) is 11.0 Å². The average Bonchev–Trinajstić information content (AvgIpc) is 3.29. The molecule has 1 aliphatic heterocycles. The summed E-state index contributed by atoms with van der Waals surface area (Å²) in [6.45, 7) is 1.77. The van der Waals surface area contributed by atoms with Crippen LogP contribution in [0.2, 0.25) is 10.2 Å². The molecular formula is C18H15Cl2FN4. The van der Waals surface area contributed by atoms with Crippen molar-refractivity contribution in [2.45, 2.75) is 12.8 Å². The van der Waals surface area contributed by atoms with Crippen molar-refractivity contribution < 1.29 is 4.39 Å². The Morgan fingerprint density at radius 3 is 2.52 bits per heavy atom. The van der Waals surface area contributed by atoms with Gasteiger partial charge in [0, 0.05) is 42.7 Å². The van der Waals surface area contributed by atoms with Gasteiger partial charge in [-0.1, -0.05) is 29.3 Å². The Bertz CT molecular complexity index is 885. The summed E-state index contributed by atoms with van der Waals surface area (Å²) in [5, 5.41) is 4.74. The molecule has 0 bridgehead atoms. The van der Waals surface area contributed by atoms with Gasteiger partial charge in [0.2, 0.25) is 0 Å². The first-order valence-electron chi connectivity index (χ1n) is 8.05. The van der Waals surface area contributed by atoms with E-state index < -0.39 is 5.82 Å². The van der Waals surface area contributed by atoms with Crippen LogP contribution >= 0.6 is 23.2 Å². The van der Waals surface area contributed by atoms with Crippen molar-refractivity contribution in [1.29, 1.82) is 0 Å². The Balaban J connectivity index is 1.97. The highest BCUT2D eigenvalue weighted by molar-refractivity contribution is 6.36. The molecule has 0 saturated carbocycles. The largest absolute Gasteiger partial charge is 0.371 e. The van der Waals surface area contributed by atoms with Gasteiger partial charge in [-0.25, -0.2) is 14.1 Å². The number of benzene rings is 1. The van der Waals surface area contributed by atoms with E-state index in [1.807, 2.05) is 12.1 Å². The number of rotatable bonds is 3. The molecule has 7 heteroatoms. The third-order valence-electron chi connectivity index (χ3n) is 4.34. The Morgan fingerprint density at radius 2 is 1.84 bits per heavy atom. The van der Waals surface area contributed by atoms with Crippen LogP contribution in [-0.4, -0.2) is 27.9 Å². The molecule has 1 fully saturated rings. The predicted molar refractivity (Wildman–Crippen MR) is 98.2 cm³/mol. The Morgan fingerprint density at radius 1 is 1.04 bits per heavy atom. The molecule has 0 atom stereocenters. The summed E-state index contributed by atoms with van der Waals surface area (Å²) in [5.41, 5.74) is 1.65. The normalized spacial score (nSPS) is 14.3. The summed E-state index contributed by atoms with van der Waals surface area (Å²) in [6, 6.07) is 8.32. The van der Waals surface area contributed by atoms with Crippen LogP contribution in [0, 0.1) is 5.82 Å². The number of anilines is 1. The molecular weight excluding hydrogens is 362 g/mol. The third kappa shape index (κ3) is 2.98. The molecule has 1 aromatic carbocycles. The summed E-state index contributed by atoms with van der Waals surface area (Å²) in [6.07, 6.45) is 5.64. The second-order valence-electron chi connectivity index (χ2n) is 5.91. The molecule has 1 saturated heterocycles. The van der Waals surface area contributed by atoms with Crippen molar-refractivity contribution >= 4 is 28.9 Å². The molecule has 0 aliphatic carbocycles. The summed E-state index contributed by atoms with van der Waals surface area (Å²) < 4.78 is 16.2. The van der Waals surface area contributed by atoms with Gasteiger partial charge in [-0.3, -0.25) is 0 Å². The van der Waals surface area contributed by atoms with Crippen LogP contribution in [0.1, 0.15) is 12.8 Å². The monoisotopic (exact) mass is 376 g/mol. The SMILES string of the molecule is Fc1cccc(Cl)c1-c1c(N2CCCC2)cc(-n2cccn2)nc1Cl. The van der Waals surface area contributed by atoms with Gasteiger partial charge >= 0.3 is 0 Å². The number of aromatic nitrogens is 3. The maximum Gasteiger partial charge on any atom is 0.157 e. The van der Waals surface area contributed by atoms with E-state index in [4.69, 9.17) is 23.2 Å². The first-order valence-corrected chi connectivity index (χ1v) is 8.80. The fourth-order valence-electron chi connectivity index (χ4n) is 3.19. The van der Waals surface area contributed by atoms with E-state index in [0.717, 1.165) is 31.6 Å². The van der Waals surface area contributed by atoms with Gasteiger partial charge in [0.05, 0.1) is 10.7 Å². The first kappa shape index (κ1) is 16.4. The second-order valence-corrected chi connectivity index (χ2v) is 6.67. The van der Waals surface area contributed by atoms with Crippen molar-refractivity contribution in [1.82, 2.24) is 14.8 Å². The standard InChI is InChI=1S/C18H15Cl2FN4/c19-12-5-3-6-13(21)16(12)17-14(24-8-1-2-9-24)11-15(23-18(17)20)25-10-4-7-22-25/h3-7,10-11H,1-2,8-9H2. The van der Waals surface area contributed by atoms with Crippen LogP contribution in [0.25, 0.3) is 16.9 Å². The molecule has 128 valence electrons. The highest BCUT2D eigenvalue weighted by Crippen LogP contribution is 2.42. The third-order valence-corrected chi connectivity index (χ3v) is 4.93. The minimum atomic E-state index is -0.413. The zero-order valence-corrected chi connectivity index (χ0v) is 14.8. The van der Waals surface area contributed by atoms with E-state index >= 15 is 0 Å². The van der Waals surface area contributed by atoms with Gasteiger partial charge in [-0.2, -0.15) is 5.10 Å². The maximum absolute atomic E-state index is 14.6. The Labute approximate surface area is 154 Å². The van der Waals surface area contributed by atoms with Gasteiger partial charge in [-0.15, -0.1) is 0 Å². The lowest BCUT2D eigenvalue weighted by Crippen LogP contribution is -2.19. The quantitative estimate of drug-likeness (QED) is 0.604. The number of pyridine rings is 1. The Kier molecular flexibility index (Phi) is 4.36. The number of halogens is 3. The fourth-order valence-corrected chi connectivity index (χ4v) is 3.72. The molecule has 0 unspecified atom stereocenters. The first-order chi connectivity index (χ1) is 12.1. The van der Waals surface area contributed by atoms with Gasteiger partial charge < -0.3 is 4.90 Å². The van der Waals surface area contributed by atoms with Crippen molar-refractivity contribution in [2.75, 3.05) is 18.0 Å². The highest BCUT2D eigenvalue weighted by atomic mass is 35.5. The van der Waals surface area contributed by atoms with Crippen LogP contribution < -0.4 is 4.90 Å². The van der Waals surface area contributed by atoms with Crippen LogP contribution in [0.3, 0.4) is 0 Å². The summed E-state index contributed by atoms with van der Waals surface area (Å²) in [7, 11) is 0. The minimum absolute atomic E-state index is 0.210. The molecule has 3 heterocycles. The van der Waals surface area contributed by atoms with Crippen molar-refractivity contribution in [3.63, 3.8) is 0 Å². The summed E-state index contributed by atoms with van der Waals surface area (Å²) in [4.78, 5) is 6.61. The summed E-state index contributed by atoms with van der Waals surface area (Å²) >= 11 is 12.8. The van der Waals surface area contributed by atoms with Crippen LogP contribution in [0.15, 0.2) is 42.7 Å². The highest BCUT2D eigenvalue weighted by Gasteiger charge is 2.24. The zero-order chi connectivity index (χ0) is 17.4. The number of hydrogen-bond acceptors (Lipinski definition) is 3. The fraction of sp³-hybridized carbons (Fsp3) is 0.222. The lowest BCUT2D eigenvalue weighted by atomic mass is 10.0. The second kappa shape index (κ2) is 6.65. The summed E-state index contributed by atoms with van der Waals surface area (Å²) in [5.74, 6) is 0.177. The zero-order valence-electron chi connectivity index (χ0n) is 13.3. The van der Waals surface area contributed by atoms with Gasteiger partial charge in [-0.05, 0) is 31.0 Å². The lowest BCUT2D eigenvalue weighted by molar-refractivity contribution is 0.631. The molecule has 3 aromatic rings. The molecule has 0 spiro atoms. The lowest BCUT2D eigenvalue weighted by Gasteiger charge is -2.23. The molecule has 0 amide bonds. The molecule has 4 rings (SSSR count). The van der Waals surface area contributed by atoms with Crippen molar-refractivity contribution in [3.8, 4) is 16.9 Å². The van der Waals surface area contributed by atoms with E-state index in [9.17, 15) is 4.39 Å². The van der Waals surface area contributed by atoms with Crippen molar-refractivity contribution in [3.05, 3.63) is 58.7 Å². The Hall–Kier alpha value is -2.11. The topological polar surface area (TPSA) is 34.0 Å². The molecule has 0 radical (unpaired) electrons. The minimum Gasteiger partial charge on any atom is -0.371 e. The molecule has 1 aliphatic rings. The number of nitrogens with zero attached hydrogens (tertiary/aromatic N) is 4. The molecule has 2 aromatic heterocycles. The van der Waals surface area contributed by atoms with Crippen LogP contribution in [0.4, 0.5) is 10.1 Å². The van der Waals surface area contributed by atoms with Crippen LogP contribution in [-0.2, 0) is 0 Å². The molecule has 4 nitrogen and oxygen atoms in total. The smallest absolute Gasteiger partial charge is 0.157 e. The average molecular weight is 377 g/mol. The van der Waals surface area contributed by atoms with Gasteiger partial charge in [0.15, 0.2) is 5.82 Å². The molecule has 0 N–H and O–H groups in total. The molecule has 25 heavy (non-hydrogen) atoms. The number of hydrogen-bond donors (Lipinski definition) is 0.